The number of hydrazine groups is 1. The van der Waals surface area contributed by atoms with Gasteiger partial charge in [-0.25, -0.2) is 9.99 Å². The number of aliphatic hydroxyl groups excluding tert-OH is 1. The van der Waals surface area contributed by atoms with Crippen molar-refractivity contribution in [2.75, 3.05) is 37.1 Å². The van der Waals surface area contributed by atoms with Gasteiger partial charge in [-0.15, -0.1) is 0 Å². The second kappa shape index (κ2) is 9.26. The number of aliphatic hydroxyl groups is 1. The Balaban J connectivity index is 1.34. The van der Waals surface area contributed by atoms with E-state index in [1.165, 1.54) is 11.1 Å². The van der Waals surface area contributed by atoms with Crippen molar-refractivity contribution in [1.29, 1.82) is 0 Å². The fraction of sp³-hybridized carbons (Fsp3) is 0.346. The quantitative estimate of drug-likeness (QED) is 0.543. The molecule has 0 saturated heterocycles. The number of fused-ring (bicyclic) bond motifs is 7. The highest BCUT2D eigenvalue weighted by Gasteiger charge is 2.38. The second-order valence-electron chi connectivity index (χ2n) is 9.17. The lowest BCUT2D eigenvalue weighted by molar-refractivity contribution is 0.0244. The van der Waals surface area contributed by atoms with Crippen molar-refractivity contribution in [1.82, 2.24) is 24.9 Å². The van der Waals surface area contributed by atoms with Gasteiger partial charge in [0.1, 0.15) is 0 Å². The van der Waals surface area contributed by atoms with Crippen LogP contribution in [0.3, 0.4) is 0 Å². The van der Waals surface area contributed by atoms with Gasteiger partial charge in [0.25, 0.3) is 0 Å². The molecule has 0 radical (unpaired) electrons. The van der Waals surface area contributed by atoms with Crippen LogP contribution in [0.2, 0.25) is 0 Å². The summed E-state index contributed by atoms with van der Waals surface area (Å²) in [5.74, 6) is 2.27. The number of likely N-dealkylation sites (N-methyl/N-ethyl adjacent to an activating group) is 1. The Labute approximate surface area is 204 Å². The summed E-state index contributed by atoms with van der Waals surface area (Å²) in [6.45, 7) is 3.15. The number of nitrogens with one attached hydrogen (secondary N) is 1. The summed E-state index contributed by atoms with van der Waals surface area (Å²) in [5, 5.41) is 18.2. The van der Waals surface area contributed by atoms with Crippen LogP contribution in [0.25, 0.3) is 0 Å². The monoisotopic (exact) mass is 471 g/mol. The van der Waals surface area contributed by atoms with Gasteiger partial charge < -0.3 is 20.1 Å². The fourth-order valence-electron chi connectivity index (χ4n) is 4.79. The molecule has 2 aromatic heterocycles. The lowest BCUT2D eigenvalue weighted by Gasteiger charge is -2.29. The van der Waals surface area contributed by atoms with E-state index in [1.54, 1.807) is 6.20 Å². The average molecular weight is 472 g/mol. The number of aromatic nitrogens is 3. The maximum atomic E-state index is 11.1. The summed E-state index contributed by atoms with van der Waals surface area (Å²) in [6.07, 6.45) is 7.84. The standard InChI is InChI=1S/C26H29N7O2/c1-31-13-11-18-15-20(10-9-19(18)17-31)28-26-27-16-21-24(30-26)33-22-7-6-8-23(29-22)35-14-5-3-2-4-12-32(33)25(21)34/h2,4,6-10,15-16,25,34H,3,5,11-14,17H2,1H3,(H,27,28,30)/b4-2-. The lowest BCUT2D eigenvalue weighted by atomic mass is 9.99. The number of hydrogen-bond acceptors (Lipinski definition) is 9. The molecular weight excluding hydrogens is 442 g/mol. The van der Waals surface area contributed by atoms with Crippen LogP contribution in [0.4, 0.5) is 23.3 Å². The van der Waals surface area contributed by atoms with Gasteiger partial charge in [0.2, 0.25) is 11.8 Å². The Morgan fingerprint density at radius 2 is 2.06 bits per heavy atom. The Bertz CT molecular complexity index is 1260. The predicted molar refractivity (Wildman–Crippen MR) is 134 cm³/mol. The Kier molecular flexibility index (Phi) is 5.81. The van der Waals surface area contributed by atoms with E-state index in [4.69, 9.17) is 14.7 Å². The van der Waals surface area contributed by atoms with E-state index in [0.29, 0.717) is 42.2 Å². The zero-order valence-electron chi connectivity index (χ0n) is 19.8. The molecule has 2 bridgehead atoms. The molecule has 1 atom stereocenters. The van der Waals surface area contributed by atoms with E-state index in [9.17, 15) is 5.11 Å². The third-order valence-electron chi connectivity index (χ3n) is 6.63. The Morgan fingerprint density at radius 3 is 3.00 bits per heavy atom. The van der Waals surface area contributed by atoms with Gasteiger partial charge in [-0.05, 0) is 55.6 Å². The average Bonchev–Trinajstić information content (AvgIpc) is 3.14. The van der Waals surface area contributed by atoms with Gasteiger partial charge in [0, 0.05) is 37.6 Å². The van der Waals surface area contributed by atoms with Gasteiger partial charge >= 0.3 is 0 Å². The molecule has 1 unspecified atom stereocenters. The molecule has 6 rings (SSSR count). The second-order valence-corrected chi connectivity index (χ2v) is 9.17. The molecule has 0 fully saturated rings. The number of pyridine rings is 1. The minimum absolute atomic E-state index is 0.472. The third kappa shape index (κ3) is 4.34. The molecule has 9 heteroatoms. The predicted octanol–water partition coefficient (Wildman–Crippen LogP) is 3.69. The van der Waals surface area contributed by atoms with E-state index in [2.05, 4.69) is 52.6 Å². The topological polar surface area (TPSA) is 89.9 Å². The van der Waals surface area contributed by atoms with Crippen molar-refractivity contribution in [3.63, 3.8) is 0 Å². The van der Waals surface area contributed by atoms with Crippen LogP contribution >= 0.6 is 0 Å². The summed E-state index contributed by atoms with van der Waals surface area (Å²) in [6, 6.07) is 12.1. The normalized spacial score (nSPS) is 21.1. The van der Waals surface area contributed by atoms with E-state index < -0.39 is 6.23 Å². The van der Waals surface area contributed by atoms with E-state index in [-0.39, 0.29) is 0 Å². The van der Waals surface area contributed by atoms with Crippen LogP contribution < -0.4 is 15.1 Å². The fourth-order valence-corrected chi connectivity index (χ4v) is 4.79. The van der Waals surface area contributed by atoms with Gasteiger partial charge in [0.05, 0.1) is 12.2 Å². The maximum absolute atomic E-state index is 11.1. The molecule has 0 amide bonds. The SMILES string of the molecule is CN1CCc2cc(Nc3ncc4c(n3)N3c5cccc(n5)OCCC/C=C\CN3C4O)ccc2C1. The minimum Gasteiger partial charge on any atom is -0.478 e. The van der Waals surface area contributed by atoms with Crippen LogP contribution in [-0.2, 0) is 13.0 Å². The summed E-state index contributed by atoms with van der Waals surface area (Å²) < 4.78 is 5.84. The van der Waals surface area contributed by atoms with E-state index >= 15 is 0 Å². The van der Waals surface area contributed by atoms with Crippen molar-refractivity contribution in [2.24, 2.45) is 0 Å². The summed E-state index contributed by atoms with van der Waals surface area (Å²) in [4.78, 5) is 16.4. The summed E-state index contributed by atoms with van der Waals surface area (Å²) >= 11 is 0. The van der Waals surface area contributed by atoms with Crippen LogP contribution in [0.1, 0.15) is 35.8 Å². The molecule has 9 nitrogen and oxygen atoms in total. The smallest absolute Gasteiger partial charge is 0.229 e. The number of ether oxygens (including phenoxy) is 1. The van der Waals surface area contributed by atoms with Crippen LogP contribution in [0, 0.1) is 0 Å². The van der Waals surface area contributed by atoms with Crippen molar-refractivity contribution < 1.29 is 9.84 Å². The number of anilines is 4. The highest BCUT2D eigenvalue weighted by atomic mass is 16.5. The molecule has 0 aliphatic carbocycles. The number of hydrogen-bond donors (Lipinski definition) is 2. The summed E-state index contributed by atoms with van der Waals surface area (Å²) in [5.41, 5.74) is 4.31. The van der Waals surface area contributed by atoms with Crippen molar-refractivity contribution >= 4 is 23.3 Å². The van der Waals surface area contributed by atoms with Gasteiger partial charge in [-0.3, -0.25) is 0 Å². The van der Waals surface area contributed by atoms with Gasteiger partial charge in [-0.2, -0.15) is 15.0 Å². The molecule has 2 N–H and O–H groups in total. The maximum Gasteiger partial charge on any atom is 0.229 e. The van der Waals surface area contributed by atoms with E-state index in [0.717, 1.165) is 38.0 Å². The number of benzene rings is 1. The Morgan fingerprint density at radius 1 is 1.11 bits per heavy atom. The number of nitrogens with zero attached hydrogens (tertiary/aromatic N) is 6. The largest absolute Gasteiger partial charge is 0.478 e. The minimum atomic E-state index is -0.876. The molecule has 3 aliphatic heterocycles. The van der Waals surface area contributed by atoms with Gasteiger partial charge in [0.15, 0.2) is 17.9 Å². The van der Waals surface area contributed by atoms with Crippen molar-refractivity contribution in [3.8, 4) is 5.88 Å². The molecule has 0 spiro atoms. The van der Waals surface area contributed by atoms with E-state index in [1.807, 2.05) is 28.2 Å². The van der Waals surface area contributed by atoms with Crippen molar-refractivity contribution in [3.05, 3.63) is 71.4 Å². The molecular formula is C26H29N7O2. The van der Waals surface area contributed by atoms with Crippen LogP contribution in [0.5, 0.6) is 5.88 Å². The number of allylic oxidation sites excluding steroid dienone is 1. The zero-order chi connectivity index (χ0) is 23.8. The van der Waals surface area contributed by atoms with Gasteiger partial charge in [-0.1, -0.05) is 24.3 Å². The molecule has 3 aliphatic rings. The third-order valence-corrected chi connectivity index (χ3v) is 6.63. The molecule has 1 aromatic carbocycles. The zero-order valence-corrected chi connectivity index (χ0v) is 19.8. The molecule has 3 aromatic rings. The highest BCUT2D eigenvalue weighted by Crippen LogP contribution is 2.42. The molecule has 0 saturated carbocycles. The Hall–Kier alpha value is -3.53. The van der Waals surface area contributed by atoms with Crippen LogP contribution in [0.15, 0.2) is 54.7 Å². The van der Waals surface area contributed by atoms with Crippen molar-refractivity contribution in [2.45, 2.75) is 32.0 Å². The highest BCUT2D eigenvalue weighted by molar-refractivity contribution is 5.65. The molecule has 180 valence electrons. The van der Waals surface area contributed by atoms with Crippen LogP contribution in [-0.4, -0.2) is 56.7 Å². The first kappa shape index (κ1) is 22.0. The molecule has 35 heavy (non-hydrogen) atoms. The first-order valence-electron chi connectivity index (χ1n) is 12.1. The number of rotatable bonds is 2. The molecule has 5 heterocycles. The lowest BCUT2D eigenvalue weighted by Crippen LogP contribution is -2.37. The summed E-state index contributed by atoms with van der Waals surface area (Å²) in [7, 11) is 2.15. The first-order valence-corrected chi connectivity index (χ1v) is 12.1. The first-order chi connectivity index (χ1) is 17.2.